The number of hydrogen-bond donors (Lipinski definition) is 2. The summed E-state index contributed by atoms with van der Waals surface area (Å²) in [5, 5.41) is 12.6. The number of piperidine rings is 1. The molecule has 1 aliphatic heterocycles. The van der Waals surface area contributed by atoms with Crippen molar-refractivity contribution in [1.29, 1.82) is 0 Å². The number of rotatable bonds is 5. The van der Waals surface area contributed by atoms with Gasteiger partial charge in [-0.3, -0.25) is 9.59 Å². The summed E-state index contributed by atoms with van der Waals surface area (Å²) in [6, 6.07) is 0. The van der Waals surface area contributed by atoms with Crippen molar-refractivity contribution in [2.45, 2.75) is 59.4 Å². The number of aliphatic carboxylic acids is 1. The molecule has 1 amide bonds. The van der Waals surface area contributed by atoms with E-state index in [-0.39, 0.29) is 17.4 Å². The molecular formula is C16H30N2O3. The second kappa shape index (κ2) is 6.77. The maximum atomic E-state index is 12.3. The van der Waals surface area contributed by atoms with Crippen LogP contribution in [0.5, 0.6) is 0 Å². The van der Waals surface area contributed by atoms with Crippen molar-refractivity contribution >= 4 is 11.9 Å². The Morgan fingerprint density at radius 3 is 2.38 bits per heavy atom. The van der Waals surface area contributed by atoms with Crippen LogP contribution in [0.2, 0.25) is 0 Å². The van der Waals surface area contributed by atoms with Crippen molar-refractivity contribution in [1.82, 2.24) is 10.2 Å². The van der Waals surface area contributed by atoms with Crippen LogP contribution >= 0.6 is 0 Å². The predicted molar refractivity (Wildman–Crippen MR) is 83.1 cm³/mol. The van der Waals surface area contributed by atoms with E-state index in [1.54, 1.807) is 13.8 Å². The molecule has 0 radical (unpaired) electrons. The smallest absolute Gasteiger partial charge is 0.309 e. The van der Waals surface area contributed by atoms with E-state index >= 15 is 0 Å². The molecule has 1 atom stereocenters. The first kappa shape index (κ1) is 18.0. The predicted octanol–water partition coefficient (Wildman–Crippen LogP) is 2.11. The third-order valence-electron chi connectivity index (χ3n) is 4.34. The van der Waals surface area contributed by atoms with Crippen molar-refractivity contribution < 1.29 is 14.7 Å². The van der Waals surface area contributed by atoms with Gasteiger partial charge in [0.05, 0.1) is 5.41 Å². The molecule has 0 bridgehead atoms. The standard InChI is InChI=1S/C16H30N2O3/c1-15(2,3)17-9-8-13(19)18-10-6-7-12(11-18)16(4,5)14(20)21/h12,17H,6-11H2,1-5H3,(H,20,21). The van der Waals surface area contributed by atoms with Gasteiger partial charge in [0.25, 0.3) is 0 Å². The van der Waals surface area contributed by atoms with E-state index in [4.69, 9.17) is 0 Å². The van der Waals surface area contributed by atoms with Gasteiger partial charge in [0, 0.05) is 31.6 Å². The van der Waals surface area contributed by atoms with E-state index < -0.39 is 11.4 Å². The largest absolute Gasteiger partial charge is 0.481 e. The van der Waals surface area contributed by atoms with E-state index in [9.17, 15) is 14.7 Å². The van der Waals surface area contributed by atoms with Gasteiger partial charge in [-0.2, -0.15) is 0 Å². The van der Waals surface area contributed by atoms with E-state index in [2.05, 4.69) is 26.1 Å². The topological polar surface area (TPSA) is 69.6 Å². The summed E-state index contributed by atoms with van der Waals surface area (Å²) in [5.74, 6) is -0.628. The van der Waals surface area contributed by atoms with Crippen LogP contribution in [0.3, 0.4) is 0 Å². The lowest BCUT2D eigenvalue weighted by molar-refractivity contribution is -0.153. The highest BCUT2D eigenvalue weighted by atomic mass is 16.4. The summed E-state index contributed by atoms with van der Waals surface area (Å²) in [6.07, 6.45) is 2.24. The van der Waals surface area contributed by atoms with Gasteiger partial charge in [-0.25, -0.2) is 0 Å². The summed E-state index contributed by atoms with van der Waals surface area (Å²) < 4.78 is 0. The minimum absolute atomic E-state index is 0.00993. The highest BCUT2D eigenvalue weighted by molar-refractivity contribution is 5.77. The second-order valence-corrected chi connectivity index (χ2v) is 7.63. The van der Waals surface area contributed by atoms with Crippen LogP contribution in [0.1, 0.15) is 53.9 Å². The number of hydrogen-bond acceptors (Lipinski definition) is 3. The zero-order valence-corrected chi connectivity index (χ0v) is 14.0. The van der Waals surface area contributed by atoms with Gasteiger partial charge in [0.1, 0.15) is 0 Å². The molecule has 0 aromatic heterocycles. The first-order valence-electron chi connectivity index (χ1n) is 7.80. The number of amides is 1. The van der Waals surface area contributed by atoms with Crippen LogP contribution in [0, 0.1) is 11.3 Å². The van der Waals surface area contributed by atoms with E-state index in [1.807, 2.05) is 4.90 Å². The van der Waals surface area contributed by atoms with Gasteiger partial charge >= 0.3 is 5.97 Å². The molecule has 5 nitrogen and oxygen atoms in total. The lowest BCUT2D eigenvalue weighted by Gasteiger charge is -2.39. The Bertz CT molecular complexity index is 385. The Balaban J connectivity index is 2.52. The second-order valence-electron chi connectivity index (χ2n) is 7.63. The zero-order valence-electron chi connectivity index (χ0n) is 14.0. The first-order chi connectivity index (χ1) is 9.54. The lowest BCUT2D eigenvalue weighted by atomic mass is 9.74. The molecule has 2 N–H and O–H groups in total. The minimum atomic E-state index is -0.781. The maximum absolute atomic E-state index is 12.3. The Morgan fingerprint density at radius 1 is 1.24 bits per heavy atom. The van der Waals surface area contributed by atoms with Crippen molar-refractivity contribution in [3.8, 4) is 0 Å². The fourth-order valence-corrected chi connectivity index (χ4v) is 2.67. The molecule has 0 saturated carbocycles. The van der Waals surface area contributed by atoms with Crippen LogP contribution in [-0.4, -0.2) is 47.1 Å². The number of carboxylic acids is 1. The van der Waals surface area contributed by atoms with Crippen molar-refractivity contribution in [3.05, 3.63) is 0 Å². The first-order valence-corrected chi connectivity index (χ1v) is 7.80. The number of carbonyl (C=O) groups is 2. The normalized spacial score (nSPS) is 20.4. The number of carbonyl (C=O) groups excluding carboxylic acids is 1. The van der Waals surface area contributed by atoms with Crippen LogP contribution in [-0.2, 0) is 9.59 Å². The average Bonchev–Trinajstić information content (AvgIpc) is 2.37. The van der Waals surface area contributed by atoms with Crippen LogP contribution in [0.4, 0.5) is 0 Å². The van der Waals surface area contributed by atoms with Gasteiger partial charge in [-0.15, -0.1) is 0 Å². The molecule has 1 fully saturated rings. The summed E-state index contributed by atoms with van der Waals surface area (Å²) in [4.78, 5) is 25.5. The minimum Gasteiger partial charge on any atom is -0.481 e. The Hall–Kier alpha value is -1.10. The van der Waals surface area contributed by atoms with Crippen LogP contribution in [0.15, 0.2) is 0 Å². The molecule has 0 aromatic rings. The molecule has 0 aliphatic carbocycles. The Kier molecular flexibility index (Phi) is 5.79. The maximum Gasteiger partial charge on any atom is 0.309 e. The highest BCUT2D eigenvalue weighted by Crippen LogP contribution is 2.34. The third kappa shape index (κ3) is 5.30. The van der Waals surface area contributed by atoms with Crippen LogP contribution < -0.4 is 5.32 Å². The Labute approximate surface area is 128 Å². The molecule has 21 heavy (non-hydrogen) atoms. The summed E-state index contributed by atoms with van der Waals surface area (Å²) in [6.45, 7) is 11.7. The molecule has 1 unspecified atom stereocenters. The van der Waals surface area contributed by atoms with Crippen molar-refractivity contribution in [2.75, 3.05) is 19.6 Å². The molecule has 5 heteroatoms. The third-order valence-corrected chi connectivity index (χ3v) is 4.34. The van der Waals surface area contributed by atoms with Gasteiger partial charge in [-0.1, -0.05) is 0 Å². The van der Waals surface area contributed by atoms with Gasteiger partial charge < -0.3 is 15.3 Å². The highest BCUT2D eigenvalue weighted by Gasteiger charge is 2.39. The fraction of sp³-hybridized carbons (Fsp3) is 0.875. The van der Waals surface area contributed by atoms with Crippen LogP contribution in [0.25, 0.3) is 0 Å². The van der Waals surface area contributed by atoms with E-state index in [0.717, 1.165) is 19.4 Å². The number of nitrogens with zero attached hydrogens (tertiary/aromatic N) is 1. The zero-order chi connectivity index (χ0) is 16.3. The molecule has 1 heterocycles. The molecule has 1 rings (SSSR count). The van der Waals surface area contributed by atoms with E-state index in [1.165, 1.54) is 0 Å². The number of nitrogens with one attached hydrogen (secondary N) is 1. The molecule has 0 aromatic carbocycles. The molecule has 122 valence electrons. The van der Waals surface area contributed by atoms with Gasteiger partial charge in [-0.05, 0) is 53.4 Å². The molecule has 1 saturated heterocycles. The van der Waals surface area contributed by atoms with Crippen molar-refractivity contribution in [3.63, 3.8) is 0 Å². The summed E-state index contributed by atoms with van der Waals surface area (Å²) in [7, 11) is 0. The van der Waals surface area contributed by atoms with Crippen molar-refractivity contribution in [2.24, 2.45) is 11.3 Å². The number of likely N-dealkylation sites (tertiary alicyclic amines) is 1. The number of carboxylic acid groups (broad SMARTS) is 1. The molecule has 0 spiro atoms. The molecular weight excluding hydrogens is 268 g/mol. The fourth-order valence-electron chi connectivity index (χ4n) is 2.67. The lowest BCUT2D eigenvalue weighted by Crippen LogP contribution is -2.47. The average molecular weight is 298 g/mol. The van der Waals surface area contributed by atoms with Gasteiger partial charge in [0.15, 0.2) is 0 Å². The quantitative estimate of drug-likeness (QED) is 0.815. The monoisotopic (exact) mass is 298 g/mol. The van der Waals surface area contributed by atoms with E-state index in [0.29, 0.717) is 19.5 Å². The summed E-state index contributed by atoms with van der Waals surface area (Å²) >= 11 is 0. The summed E-state index contributed by atoms with van der Waals surface area (Å²) in [5.41, 5.74) is -0.765. The Morgan fingerprint density at radius 2 is 1.86 bits per heavy atom. The SMILES string of the molecule is CC(C)(C)NCCC(=O)N1CCCC(C(C)(C)C(=O)O)C1. The molecule has 1 aliphatic rings. The van der Waals surface area contributed by atoms with Gasteiger partial charge in [0.2, 0.25) is 5.91 Å².